The van der Waals surface area contributed by atoms with E-state index in [1.807, 2.05) is 0 Å². The van der Waals surface area contributed by atoms with Crippen molar-refractivity contribution in [2.45, 2.75) is 45.9 Å². The molecule has 0 N–H and O–H groups in total. The van der Waals surface area contributed by atoms with Gasteiger partial charge in [-0.3, -0.25) is 0 Å². The quantitative estimate of drug-likeness (QED) is 0.543. The van der Waals surface area contributed by atoms with Crippen molar-refractivity contribution in [3.63, 3.8) is 0 Å². The Morgan fingerprint density at radius 1 is 1.05 bits per heavy atom. The SMILES string of the molecule is Cc1cccc(-c2ccc(CBr)cc2[C@@H](C)C(C)(C)C)c1. The fourth-order valence-corrected chi connectivity index (χ4v) is 2.94. The lowest BCUT2D eigenvalue weighted by Gasteiger charge is -2.30. The van der Waals surface area contributed by atoms with Crippen LogP contribution in [0.5, 0.6) is 0 Å². The summed E-state index contributed by atoms with van der Waals surface area (Å²) in [5.41, 5.74) is 7.05. The Bertz CT molecular complexity index is 620. The van der Waals surface area contributed by atoms with Crippen LogP contribution in [0.3, 0.4) is 0 Å². The number of benzene rings is 2. The largest absolute Gasteiger partial charge is 0.0876 e. The second-order valence-corrected chi connectivity index (χ2v) is 7.57. The molecule has 1 atom stereocenters. The van der Waals surface area contributed by atoms with Gasteiger partial charge in [-0.05, 0) is 40.5 Å². The number of alkyl halides is 1. The lowest BCUT2D eigenvalue weighted by atomic mass is 9.75. The molecule has 0 aromatic heterocycles. The van der Waals surface area contributed by atoms with E-state index in [0.717, 1.165) is 5.33 Å². The van der Waals surface area contributed by atoms with Gasteiger partial charge in [-0.2, -0.15) is 0 Å². The van der Waals surface area contributed by atoms with Crippen molar-refractivity contribution in [3.8, 4) is 11.1 Å². The van der Waals surface area contributed by atoms with Gasteiger partial charge in [0.15, 0.2) is 0 Å². The Morgan fingerprint density at radius 2 is 1.76 bits per heavy atom. The number of aryl methyl sites for hydroxylation is 1. The highest BCUT2D eigenvalue weighted by Crippen LogP contribution is 2.40. The van der Waals surface area contributed by atoms with Crippen LogP contribution in [0.4, 0.5) is 0 Å². The van der Waals surface area contributed by atoms with E-state index in [9.17, 15) is 0 Å². The van der Waals surface area contributed by atoms with Gasteiger partial charge in [0.05, 0.1) is 0 Å². The Labute approximate surface area is 137 Å². The molecule has 1 heteroatoms. The van der Waals surface area contributed by atoms with Crippen LogP contribution in [0.25, 0.3) is 11.1 Å². The van der Waals surface area contributed by atoms with Gasteiger partial charge in [0.25, 0.3) is 0 Å². The van der Waals surface area contributed by atoms with Crippen LogP contribution in [0.1, 0.15) is 50.3 Å². The molecule has 2 rings (SSSR count). The molecule has 0 fully saturated rings. The van der Waals surface area contributed by atoms with E-state index in [-0.39, 0.29) is 5.41 Å². The van der Waals surface area contributed by atoms with Gasteiger partial charge < -0.3 is 0 Å². The van der Waals surface area contributed by atoms with Crippen molar-refractivity contribution < 1.29 is 0 Å². The minimum atomic E-state index is 0.253. The van der Waals surface area contributed by atoms with Crippen molar-refractivity contribution in [1.29, 1.82) is 0 Å². The predicted octanol–water partition coefficient (Wildman–Crippen LogP) is 6.71. The highest BCUT2D eigenvalue weighted by Gasteiger charge is 2.24. The van der Waals surface area contributed by atoms with Crippen LogP contribution < -0.4 is 0 Å². The van der Waals surface area contributed by atoms with E-state index in [1.54, 1.807) is 0 Å². The Kier molecular flexibility index (Phi) is 4.93. The Balaban J connectivity index is 2.60. The molecule has 0 aliphatic rings. The van der Waals surface area contributed by atoms with E-state index in [4.69, 9.17) is 0 Å². The smallest absolute Gasteiger partial charge is 0.0283 e. The van der Waals surface area contributed by atoms with Crippen LogP contribution in [-0.2, 0) is 5.33 Å². The zero-order valence-corrected chi connectivity index (χ0v) is 15.3. The average molecular weight is 345 g/mol. The molecule has 2 aromatic rings. The minimum Gasteiger partial charge on any atom is -0.0876 e. The molecule has 112 valence electrons. The van der Waals surface area contributed by atoms with Gasteiger partial charge >= 0.3 is 0 Å². The summed E-state index contributed by atoms with van der Waals surface area (Å²) in [5, 5.41) is 0.908. The first-order valence-corrected chi connectivity index (χ1v) is 8.71. The molecule has 0 aliphatic carbocycles. The molecule has 0 saturated heterocycles. The van der Waals surface area contributed by atoms with Gasteiger partial charge in [0.1, 0.15) is 0 Å². The monoisotopic (exact) mass is 344 g/mol. The summed E-state index contributed by atoms with van der Waals surface area (Å²) in [6.07, 6.45) is 0. The molecule has 0 unspecified atom stereocenters. The number of rotatable bonds is 3. The summed E-state index contributed by atoms with van der Waals surface area (Å²) in [4.78, 5) is 0. The summed E-state index contributed by atoms with van der Waals surface area (Å²) >= 11 is 3.58. The van der Waals surface area contributed by atoms with Crippen molar-refractivity contribution in [3.05, 3.63) is 59.2 Å². The maximum absolute atomic E-state index is 3.58. The van der Waals surface area contributed by atoms with Gasteiger partial charge in [-0.15, -0.1) is 0 Å². The molecule has 0 aliphatic heterocycles. The molecular weight excluding hydrogens is 320 g/mol. The molecule has 0 radical (unpaired) electrons. The molecule has 0 heterocycles. The highest BCUT2D eigenvalue weighted by molar-refractivity contribution is 9.08. The first kappa shape index (κ1) is 16.3. The zero-order valence-electron chi connectivity index (χ0n) is 13.7. The summed E-state index contributed by atoms with van der Waals surface area (Å²) in [6.45, 7) is 11.4. The van der Waals surface area contributed by atoms with Gasteiger partial charge in [-0.25, -0.2) is 0 Å². The summed E-state index contributed by atoms with van der Waals surface area (Å²) < 4.78 is 0. The van der Waals surface area contributed by atoms with E-state index in [2.05, 4.69) is 93.0 Å². The second-order valence-electron chi connectivity index (χ2n) is 7.01. The zero-order chi connectivity index (χ0) is 15.6. The molecule has 0 nitrogen and oxygen atoms in total. The summed E-state index contributed by atoms with van der Waals surface area (Å²) in [5.74, 6) is 0.506. The van der Waals surface area contributed by atoms with Crippen molar-refractivity contribution >= 4 is 15.9 Å². The third-order valence-corrected chi connectivity index (χ3v) is 5.01. The maximum Gasteiger partial charge on any atom is 0.0283 e. The lowest BCUT2D eigenvalue weighted by Crippen LogP contribution is -2.16. The normalized spacial score (nSPS) is 13.2. The third-order valence-electron chi connectivity index (χ3n) is 4.36. The van der Waals surface area contributed by atoms with Crippen LogP contribution in [0, 0.1) is 12.3 Å². The van der Waals surface area contributed by atoms with E-state index in [1.165, 1.54) is 27.8 Å². The average Bonchev–Trinajstić information content (AvgIpc) is 2.44. The topological polar surface area (TPSA) is 0 Å². The first-order chi connectivity index (χ1) is 9.82. The van der Waals surface area contributed by atoms with Gasteiger partial charge in [-0.1, -0.05) is 91.7 Å². The summed E-state index contributed by atoms with van der Waals surface area (Å²) in [7, 11) is 0. The number of halogens is 1. The van der Waals surface area contributed by atoms with E-state index >= 15 is 0 Å². The van der Waals surface area contributed by atoms with E-state index < -0.39 is 0 Å². The third kappa shape index (κ3) is 3.77. The molecular formula is C20H25Br. The van der Waals surface area contributed by atoms with Crippen molar-refractivity contribution in [2.24, 2.45) is 5.41 Å². The Hall–Kier alpha value is -1.08. The maximum atomic E-state index is 3.58. The molecule has 0 spiro atoms. The van der Waals surface area contributed by atoms with Crippen molar-refractivity contribution in [2.75, 3.05) is 0 Å². The fourth-order valence-electron chi connectivity index (χ4n) is 2.60. The van der Waals surface area contributed by atoms with Crippen LogP contribution >= 0.6 is 15.9 Å². The second kappa shape index (κ2) is 6.36. The molecule has 21 heavy (non-hydrogen) atoms. The Morgan fingerprint density at radius 3 is 2.33 bits per heavy atom. The minimum absolute atomic E-state index is 0.253. The molecule has 2 aromatic carbocycles. The molecule has 0 amide bonds. The van der Waals surface area contributed by atoms with Crippen LogP contribution in [-0.4, -0.2) is 0 Å². The lowest BCUT2D eigenvalue weighted by molar-refractivity contribution is 0.340. The molecule has 0 bridgehead atoms. The van der Waals surface area contributed by atoms with Gasteiger partial charge in [0.2, 0.25) is 0 Å². The first-order valence-electron chi connectivity index (χ1n) is 7.58. The molecule has 0 saturated carbocycles. The summed E-state index contributed by atoms with van der Waals surface area (Å²) in [6, 6.07) is 15.7. The van der Waals surface area contributed by atoms with Gasteiger partial charge in [0, 0.05) is 5.33 Å². The number of hydrogen-bond acceptors (Lipinski definition) is 0. The van der Waals surface area contributed by atoms with Crippen LogP contribution in [0.15, 0.2) is 42.5 Å². The predicted molar refractivity (Wildman–Crippen MR) is 97.1 cm³/mol. The standard InChI is InChI=1S/C20H25Br/c1-14-7-6-8-17(11-14)18-10-9-16(13-21)12-19(18)15(2)20(3,4)5/h6-12,15H,13H2,1-5H3/t15-/m1/s1. The van der Waals surface area contributed by atoms with E-state index in [0.29, 0.717) is 5.92 Å². The number of hydrogen-bond donors (Lipinski definition) is 0. The highest BCUT2D eigenvalue weighted by atomic mass is 79.9. The van der Waals surface area contributed by atoms with Crippen molar-refractivity contribution in [1.82, 2.24) is 0 Å². The fraction of sp³-hybridized carbons (Fsp3) is 0.400. The van der Waals surface area contributed by atoms with Crippen LogP contribution in [0.2, 0.25) is 0 Å².